The normalized spacial score (nSPS) is 10.5. The molecule has 3 rings (SSSR count). The molecule has 0 atom stereocenters. The van der Waals surface area contributed by atoms with Gasteiger partial charge in [0.1, 0.15) is 0 Å². The molecule has 0 aliphatic carbocycles. The van der Waals surface area contributed by atoms with Gasteiger partial charge in [0.05, 0.1) is 6.20 Å². The molecule has 144 valence electrons. The zero-order valence-electron chi connectivity index (χ0n) is 15.6. The van der Waals surface area contributed by atoms with E-state index in [4.69, 9.17) is 16.0 Å². The third-order valence-corrected chi connectivity index (χ3v) is 4.58. The molecule has 1 aromatic heterocycles. The lowest BCUT2D eigenvalue weighted by Crippen LogP contribution is -2.20. The Morgan fingerprint density at radius 1 is 1.14 bits per heavy atom. The van der Waals surface area contributed by atoms with E-state index in [1.54, 1.807) is 50.5 Å². The molecule has 1 heterocycles. The quantitative estimate of drug-likeness (QED) is 0.651. The first-order valence-corrected chi connectivity index (χ1v) is 9.18. The lowest BCUT2D eigenvalue weighted by molar-refractivity contribution is -0.116. The van der Waals surface area contributed by atoms with E-state index in [9.17, 15) is 9.59 Å². The summed E-state index contributed by atoms with van der Waals surface area (Å²) in [5, 5.41) is 6.08. The first-order chi connectivity index (χ1) is 13.5. The first kappa shape index (κ1) is 19.6. The summed E-state index contributed by atoms with van der Waals surface area (Å²) in [6, 6.07) is 12.5. The van der Waals surface area contributed by atoms with Crippen molar-refractivity contribution in [2.75, 3.05) is 12.4 Å². The smallest absolute Gasteiger partial charge is 0.251 e. The number of carbonyl (C=O) groups excluding carboxylic acids is 2. The van der Waals surface area contributed by atoms with Crippen molar-refractivity contribution < 1.29 is 14.0 Å². The highest BCUT2D eigenvalue weighted by molar-refractivity contribution is 6.30. The van der Waals surface area contributed by atoms with Crippen molar-refractivity contribution in [3.63, 3.8) is 0 Å². The fourth-order valence-electron chi connectivity index (χ4n) is 2.76. The number of nitrogens with one attached hydrogen (secondary N) is 2. The van der Waals surface area contributed by atoms with E-state index >= 15 is 0 Å². The average molecular weight is 398 g/mol. The molecule has 28 heavy (non-hydrogen) atoms. The van der Waals surface area contributed by atoms with Crippen LogP contribution in [0.2, 0.25) is 5.02 Å². The summed E-state index contributed by atoms with van der Waals surface area (Å²) >= 11 is 5.89. The van der Waals surface area contributed by atoms with E-state index in [0.717, 1.165) is 11.1 Å². The van der Waals surface area contributed by atoms with Gasteiger partial charge in [0.25, 0.3) is 5.91 Å². The SMILES string of the molecule is CNC(=O)c1cccc(NC(=O)CCc2ncc(-c3ccc(Cl)cc3)o2)c1C. The molecule has 0 bridgehead atoms. The van der Waals surface area contributed by atoms with Gasteiger partial charge in [0.15, 0.2) is 11.7 Å². The maximum Gasteiger partial charge on any atom is 0.251 e. The van der Waals surface area contributed by atoms with Crippen molar-refractivity contribution in [1.29, 1.82) is 0 Å². The number of aryl methyl sites for hydroxylation is 1. The van der Waals surface area contributed by atoms with Crippen LogP contribution in [0.5, 0.6) is 0 Å². The van der Waals surface area contributed by atoms with Gasteiger partial charge in [-0.15, -0.1) is 0 Å². The molecule has 3 aromatic rings. The van der Waals surface area contributed by atoms with Crippen molar-refractivity contribution >= 4 is 29.1 Å². The van der Waals surface area contributed by atoms with Crippen LogP contribution < -0.4 is 10.6 Å². The Kier molecular flexibility index (Phi) is 6.11. The third kappa shape index (κ3) is 4.58. The number of halogens is 1. The zero-order valence-corrected chi connectivity index (χ0v) is 16.3. The van der Waals surface area contributed by atoms with Crippen LogP contribution in [0.15, 0.2) is 53.1 Å². The number of rotatable bonds is 6. The highest BCUT2D eigenvalue weighted by Crippen LogP contribution is 2.23. The van der Waals surface area contributed by atoms with Crippen LogP contribution >= 0.6 is 11.6 Å². The molecule has 6 nitrogen and oxygen atoms in total. The second-order valence-corrected chi connectivity index (χ2v) is 6.67. The lowest BCUT2D eigenvalue weighted by atomic mass is 10.1. The molecule has 0 saturated carbocycles. The van der Waals surface area contributed by atoms with E-state index in [1.165, 1.54) is 0 Å². The van der Waals surface area contributed by atoms with E-state index in [2.05, 4.69) is 15.6 Å². The molecule has 2 N–H and O–H groups in total. The maximum atomic E-state index is 12.3. The Morgan fingerprint density at radius 2 is 1.89 bits per heavy atom. The van der Waals surface area contributed by atoms with Gasteiger partial charge in [-0.05, 0) is 48.9 Å². The molecule has 0 aliphatic rings. The van der Waals surface area contributed by atoms with E-state index < -0.39 is 0 Å². The summed E-state index contributed by atoms with van der Waals surface area (Å²) in [4.78, 5) is 28.4. The molecule has 0 unspecified atom stereocenters. The van der Waals surface area contributed by atoms with E-state index in [1.807, 2.05) is 12.1 Å². The Labute approximate surface area is 167 Å². The lowest BCUT2D eigenvalue weighted by Gasteiger charge is -2.11. The number of hydrogen-bond acceptors (Lipinski definition) is 4. The van der Waals surface area contributed by atoms with Crippen LogP contribution in [0.4, 0.5) is 5.69 Å². The predicted octanol–water partition coefficient (Wildman–Crippen LogP) is 4.23. The number of carbonyl (C=O) groups is 2. The molecule has 7 heteroatoms. The summed E-state index contributed by atoms with van der Waals surface area (Å²) in [5.74, 6) is 0.739. The number of nitrogens with zero attached hydrogens (tertiary/aromatic N) is 1. The highest BCUT2D eigenvalue weighted by Gasteiger charge is 2.13. The van der Waals surface area contributed by atoms with Crippen molar-refractivity contribution in [2.45, 2.75) is 19.8 Å². The number of anilines is 1. The fourth-order valence-corrected chi connectivity index (χ4v) is 2.88. The summed E-state index contributed by atoms with van der Waals surface area (Å²) < 4.78 is 5.71. The number of amides is 2. The van der Waals surface area contributed by atoms with Gasteiger partial charge in [0, 0.05) is 41.7 Å². The van der Waals surface area contributed by atoms with Crippen LogP contribution in [-0.4, -0.2) is 23.8 Å². The molecule has 2 amide bonds. The van der Waals surface area contributed by atoms with Crippen LogP contribution in [0.3, 0.4) is 0 Å². The van der Waals surface area contributed by atoms with Gasteiger partial charge in [-0.1, -0.05) is 17.7 Å². The number of benzene rings is 2. The Bertz CT molecular complexity index is 996. The molecular formula is C21H20ClN3O3. The Balaban J connectivity index is 1.61. The largest absolute Gasteiger partial charge is 0.441 e. The van der Waals surface area contributed by atoms with Crippen LogP contribution in [0, 0.1) is 6.92 Å². The van der Waals surface area contributed by atoms with Crippen molar-refractivity contribution in [2.24, 2.45) is 0 Å². The molecule has 0 fully saturated rings. The summed E-state index contributed by atoms with van der Waals surface area (Å²) in [5.41, 5.74) is 2.73. The molecule has 0 radical (unpaired) electrons. The topological polar surface area (TPSA) is 84.2 Å². The maximum absolute atomic E-state index is 12.3. The van der Waals surface area contributed by atoms with Crippen LogP contribution in [0.25, 0.3) is 11.3 Å². The highest BCUT2D eigenvalue weighted by atomic mass is 35.5. The van der Waals surface area contributed by atoms with Gasteiger partial charge in [-0.25, -0.2) is 4.98 Å². The second kappa shape index (κ2) is 8.71. The van der Waals surface area contributed by atoms with Gasteiger partial charge in [-0.2, -0.15) is 0 Å². The van der Waals surface area contributed by atoms with Crippen molar-refractivity contribution in [3.8, 4) is 11.3 Å². The Morgan fingerprint density at radius 3 is 2.61 bits per heavy atom. The minimum absolute atomic E-state index is 0.177. The van der Waals surface area contributed by atoms with E-state index in [0.29, 0.717) is 34.3 Å². The monoisotopic (exact) mass is 397 g/mol. The standard InChI is InChI=1S/C21H20ClN3O3/c1-13-16(21(27)23-2)4-3-5-17(13)25-19(26)10-11-20-24-12-18(28-20)14-6-8-15(22)9-7-14/h3-9,12H,10-11H2,1-2H3,(H,23,27)(H,25,26). The molecular weight excluding hydrogens is 378 g/mol. The summed E-state index contributed by atoms with van der Waals surface area (Å²) in [7, 11) is 1.57. The Hall–Kier alpha value is -3.12. The van der Waals surface area contributed by atoms with Crippen molar-refractivity contribution in [3.05, 3.63) is 70.7 Å². The van der Waals surface area contributed by atoms with Crippen LogP contribution in [0.1, 0.15) is 28.2 Å². The van der Waals surface area contributed by atoms with Gasteiger partial charge in [0.2, 0.25) is 5.91 Å². The van der Waals surface area contributed by atoms with E-state index in [-0.39, 0.29) is 18.2 Å². The zero-order chi connectivity index (χ0) is 20.1. The van der Waals surface area contributed by atoms with Crippen LogP contribution in [-0.2, 0) is 11.2 Å². The second-order valence-electron chi connectivity index (χ2n) is 6.23. The average Bonchev–Trinajstić information content (AvgIpc) is 3.17. The van der Waals surface area contributed by atoms with Crippen molar-refractivity contribution in [1.82, 2.24) is 10.3 Å². The first-order valence-electron chi connectivity index (χ1n) is 8.80. The molecule has 2 aromatic carbocycles. The minimum Gasteiger partial charge on any atom is -0.441 e. The number of aromatic nitrogens is 1. The molecule has 0 saturated heterocycles. The number of hydrogen-bond donors (Lipinski definition) is 2. The number of oxazole rings is 1. The molecule has 0 aliphatic heterocycles. The predicted molar refractivity (Wildman–Crippen MR) is 108 cm³/mol. The van der Waals surface area contributed by atoms with Gasteiger partial charge in [-0.3, -0.25) is 9.59 Å². The summed E-state index contributed by atoms with van der Waals surface area (Å²) in [6.45, 7) is 1.80. The minimum atomic E-state index is -0.192. The summed E-state index contributed by atoms with van der Waals surface area (Å²) in [6.07, 6.45) is 2.21. The fraction of sp³-hybridized carbons (Fsp3) is 0.190. The molecule has 0 spiro atoms. The van der Waals surface area contributed by atoms with Gasteiger partial charge >= 0.3 is 0 Å². The van der Waals surface area contributed by atoms with Gasteiger partial charge < -0.3 is 15.1 Å². The third-order valence-electron chi connectivity index (χ3n) is 4.33.